The summed E-state index contributed by atoms with van der Waals surface area (Å²) in [7, 11) is 3.21. The Morgan fingerprint density at radius 2 is 1.70 bits per heavy atom. The predicted molar refractivity (Wildman–Crippen MR) is 116 cm³/mol. The Kier molecular flexibility index (Phi) is 6.80. The predicted octanol–water partition coefficient (Wildman–Crippen LogP) is 4.53. The first kappa shape index (κ1) is 21.9. The molecule has 1 atom stereocenters. The van der Waals surface area contributed by atoms with Crippen molar-refractivity contribution in [2.45, 2.75) is 19.6 Å². The summed E-state index contributed by atoms with van der Waals surface area (Å²) in [5.41, 5.74) is 1.91. The fourth-order valence-electron chi connectivity index (χ4n) is 2.97. The van der Waals surface area contributed by atoms with Gasteiger partial charge in [0.25, 0.3) is 5.91 Å². The van der Waals surface area contributed by atoms with Crippen molar-refractivity contribution in [3.8, 4) is 0 Å². The molecule has 0 saturated carbocycles. The van der Waals surface area contributed by atoms with E-state index >= 15 is 0 Å². The first-order valence-electron chi connectivity index (χ1n) is 9.23. The lowest BCUT2D eigenvalue weighted by Crippen LogP contribution is -2.31. The summed E-state index contributed by atoms with van der Waals surface area (Å²) in [6, 6.07) is 16.2. The first-order chi connectivity index (χ1) is 14.3. The molecule has 0 aliphatic rings. The molecule has 0 bridgehead atoms. The van der Waals surface area contributed by atoms with Gasteiger partial charge in [-0.15, -0.1) is 0 Å². The number of hydrogen-bond acceptors (Lipinski definition) is 4. The lowest BCUT2D eigenvalue weighted by Gasteiger charge is -2.21. The summed E-state index contributed by atoms with van der Waals surface area (Å²) in [6.07, 6.45) is -1.09. The maximum Gasteiger partial charge on any atom is 0.344 e. The number of ether oxygens (including phenoxy) is 1. The summed E-state index contributed by atoms with van der Waals surface area (Å²) in [5.74, 6) is -1.07. The Bertz CT molecular complexity index is 1060. The minimum atomic E-state index is -1.09. The molecule has 6 nitrogen and oxygen atoms in total. The number of aryl methyl sites for hydroxylation is 1. The van der Waals surface area contributed by atoms with Crippen LogP contribution in [0.15, 0.2) is 54.6 Å². The molecule has 1 heterocycles. The number of carbonyl (C=O) groups excluding carboxylic acids is 2. The average molecular weight is 446 g/mol. The molecule has 3 aromatic rings. The van der Waals surface area contributed by atoms with Crippen molar-refractivity contribution in [1.29, 1.82) is 0 Å². The van der Waals surface area contributed by atoms with Crippen LogP contribution >= 0.6 is 23.2 Å². The normalized spacial score (nSPS) is 11.8. The van der Waals surface area contributed by atoms with E-state index in [2.05, 4.69) is 5.10 Å². The highest BCUT2D eigenvalue weighted by molar-refractivity contribution is 6.33. The third-order valence-electron chi connectivity index (χ3n) is 4.54. The maximum absolute atomic E-state index is 13.0. The van der Waals surface area contributed by atoms with E-state index in [9.17, 15) is 9.59 Å². The van der Waals surface area contributed by atoms with Crippen LogP contribution in [0.4, 0.5) is 0 Å². The number of nitrogens with zero attached hydrogens (tertiary/aromatic N) is 3. The molecule has 0 aliphatic heterocycles. The highest BCUT2D eigenvalue weighted by Crippen LogP contribution is 2.27. The second-order valence-corrected chi connectivity index (χ2v) is 7.69. The van der Waals surface area contributed by atoms with Crippen molar-refractivity contribution in [2.75, 3.05) is 14.1 Å². The van der Waals surface area contributed by atoms with Crippen LogP contribution in [0.25, 0.3) is 0 Å². The number of benzene rings is 2. The molecule has 1 unspecified atom stereocenters. The van der Waals surface area contributed by atoms with Crippen LogP contribution in [-0.4, -0.2) is 40.7 Å². The Hall–Kier alpha value is -2.83. The minimum Gasteiger partial charge on any atom is -0.444 e. The van der Waals surface area contributed by atoms with Crippen LogP contribution in [0.1, 0.15) is 33.3 Å². The second kappa shape index (κ2) is 9.32. The number of halogens is 2. The zero-order valence-electron chi connectivity index (χ0n) is 16.8. The molecule has 156 valence electrons. The van der Waals surface area contributed by atoms with Gasteiger partial charge < -0.3 is 9.64 Å². The number of rotatable bonds is 6. The van der Waals surface area contributed by atoms with E-state index in [1.807, 2.05) is 24.3 Å². The summed E-state index contributed by atoms with van der Waals surface area (Å²) in [4.78, 5) is 27.0. The van der Waals surface area contributed by atoms with Gasteiger partial charge in [-0.3, -0.25) is 4.79 Å². The number of hydrogen-bond donors (Lipinski definition) is 0. The molecule has 0 fully saturated rings. The second-order valence-electron chi connectivity index (χ2n) is 6.93. The van der Waals surface area contributed by atoms with Crippen LogP contribution in [0.2, 0.25) is 10.2 Å². The van der Waals surface area contributed by atoms with E-state index in [-0.39, 0.29) is 16.6 Å². The van der Waals surface area contributed by atoms with E-state index in [0.29, 0.717) is 22.8 Å². The van der Waals surface area contributed by atoms with E-state index in [0.717, 1.165) is 5.56 Å². The lowest BCUT2D eigenvalue weighted by molar-refractivity contribution is -0.138. The van der Waals surface area contributed by atoms with E-state index in [1.54, 1.807) is 51.4 Å². The van der Waals surface area contributed by atoms with Gasteiger partial charge in [0, 0.05) is 24.7 Å². The van der Waals surface area contributed by atoms with Gasteiger partial charge >= 0.3 is 5.97 Å². The number of amides is 1. The van der Waals surface area contributed by atoms with Crippen molar-refractivity contribution in [2.24, 2.45) is 0 Å². The third-order valence-corrected chi connectivity index (χ3v) is 5.29. The third kappa shape index (κ3) is 4.66. The van der Waals surface area contributed by atoms with Crippen LogP contribution in [0.3, 0.4) is 0 Å². The molecule has 1 amide bonds. The van der Waals surface area contributed by atoms with E-state index in [1.165, 1.54) is 9.58 Å². The van der Waals surface area contributed by atoms with E-state index < -0.39 is 12.1 Å². The average Bonchev–Trinajstić information content (AvgIpc) is 3.01. The quantitative estimate of drug-likeness (QED) is 0.522. The van der Waals surface area contributed by atoms with Gasteiger partial charge in [-0.25, -0.2) is 9.48 Å². The zero-order valence-corrected chi connectivity index (χ0v) is 18.3. The number of likely N-dealkylation sites (N-methyl/N-ethyl adjacent to an activating group) is 1. The summed E-state index contributed by atoms with van der Waals surface area (Å²) in [6.45, 7) is 1.96. The molecular weight excluding hydrogens is 425 g/mol. The van der Waals surface area contributed by atoms with Gasteiger partial charge in [0.05, 0.1) is 12.2 Å². The van der Waals surface area contributed by atoms with Crippen molar-refractivity contribution in [3.05, 3.63) is 87.2 Å². The van der Waals surface area contributed by atoms with Crippen LogP contribution < -0.4 is 0 Å². The first-order valence-corrected chi connectivity index (χ1v) is 9.98. The number of esters is 1. The molecule has 0 N–H and O–H groups in total. The van der Waals surface area contributed by atoms with Crippen LogP contribution in [-0.2, 0) is 16.1 Å². The Balaban J connectivity index is 1.89. The Labute approximate surface area is 185 Å². The van der Waals surface area contributed by atoms with Gasteiger partial charge in [-0.05, 0) is 18.6 Å². The van der Waals surface area contributed by atoms with Crippen LogP contribution in [0, 0.1) is 6.92 Å². The van der Waals surface area contributed by atoms with Crippen molar-refractivity contribution in [1.82, 2.24) is 14.7 Å². The summed E-state index contributed by atoms with van der Waals surface area (Å²) < 4.78 is 7.09. The molecule has 2 aromatic carbocycles. The van der Waals surface area contributed by atoms with Crippen molar-refractivity contribution < 1.29 is 14.3 Å². The van der Waals surface area contributed by atoms with Gasteiger partial charge in [-0.1, -0.05) is 71.7 Å². The summed E-state index contributed by atoms with van der Waals surface area (Å²) in [5, 5.41) is 5.06. The van der Waals surface area contributed by atoms with Gasteiger partial charge in [0.1, 0.15) is 10.7 Å². The monoisotopic (exact) mass is 445 g/mol. The molecule has 0 spiro atoms. The molecule has 0 saturated heterocycles. The van der Waals surface area contributed by atoms with Crippen LogP contribution in [0.5, 0.6) is 0 Å². The fourth-order valence-corrected chi connectivity index (χ4v) is 3.47. The molecule has 0 radical (unpaired) electrons. The van der Waals surface area contributed by atoms with Gasteiger partial charge in [0.15, 0.2) is 0 Å². The molecule has 1 aromatic heterocycles. The molecule has 3 rings (SSSR count). The molecule has 0 aliphatic carbocycles. The topological polar surface area (TPSA) is 64.4 Å². The smallest absolute Gasteiger partial charge is 0.344 e. The molecule has 8 heteroatoms. The highest BCUT2D eigenvalue weighted by atomic mass is 35.5. The highest BCUT2D eigenvalue weighted by Gasteiger charge is 2.30. The Morgan fingerprint density at radius 3 is 2.33 bits per heavy atom. The summed E-state index contributed by atoms with van der Waals surface area (Å²) >= 11 is 12.7. The van der Waals surface area contributed by atoms with Crippen molar-refractivity contribution >= 4 is 35.1 Å². The number of aromatic nitrogens is 2. The zero-order chi connectivity index (χ0) is 21.8. The molecule has 30 heavy (non-hydrogen) atoms. The van der Waals surface area contributed by atoms with Crippen molar-refractivity contribution in [3.63, 3.8) is 0 Å². The number of carbonyl (C=O) groups is 2. The van der Waals surface area contributed by atoms with Gasteiger partial charge in [-0.2, -0.15) is 5.10 Å². The fraction of sp³-hybridized carbons (Fsp3) is 0.227. The van der Waals surface area contributed by atoms with Gasteiger partial charge in [0.2, 0.25) is 6.10 Å². The minimum absolute atomic E-state index is 0.121. The SMILES string of the molecule is Cc1nn(Cc2ccccc2Cl)c(Cl)c1C(=O)OC(C(=O)N(C)C)c1ccccc1. The van der Waals surface area contributed by atoms with E-state index in [4.69, 9.17) is 27.9 Å². The maximum atomic E-state index is 13.0. The Morgan fingerprint density at radius 1 is 1.07 bits per heavy atom. The molecular formula is C22H21Cl2N3O3. The largest absolute Gasteiger partial charge is 0.444 e. The standard InChI is InChI=1S/C22H21Cl2N3O3/c1-14-18(20(24)27(25-14)13-16-11-7-8-12-17(16)23)22(29)30-19(21(28)26(2)3)15-9-5-4-6-10-15/h4-12,19H,13H2,1-3H3. The lowest BCUT2D eigenvalue weighted by atomic mass is 10.1.